The highest BCUT2D eigenvalue weighted by molar-refractivity contribution is 5.61. The number of ether oxygens (including phenoxy) is 2. The molecule has 2 aromatic rings. The van der Waals surface area contributed by atoms with Gasteiger partial charge in [-0.2, -0.15) is 5.26 Å². The molecule has 0 saturated carbocycles. The van der Waals surface area contributed by atoms with Gasteiger partial charge in [-0.05, 0) is 18.2 Å². The molecule has 0 aromatic heterocycles. The molecule has 1 N–H and O–H groups in total. The molecule has 0 fully saturated rings. The molecule has 0 bridgehead atoms. The van der Waals surface area contributed by atoms with E-state index < -0.39 is 4.92 Å². The summed E-state index contributed by atoms with van der Waals surface area (Å²) in [6.45, 7) is 0.805. The molecule has 0 aliphatic carbocycles. The molecule has 2 aromatic carbocycles. The number of nitrogens with zero attached hydrogens (tertiary/aromatic N) is 2. The second-order valence-electron chi connectivity index (χ2n) is 4.98. The van der Waals surface area contributed by atoms with Crippen molar-refractivity contribution in [3.05, 3.63) is 58.1 Å². The number of rotatable bonds is 4. The molecule has 1 aliphatic rings. The Balaban J connectivity index is 1.68. The Morgan fingerprint density at radius 3 is 2.83 bits per heavy atom. The highest BCUT2D eigenvalue weighted by atomic mass is 16.6. The lowest BCUT2D eigenvalue weighted by Gasteiger charge is -2.26. The van der Waals surface area contributed by atoms with E-state index in [4.69, 9.17) is 14.7 Å². The fourth-order valence-electron chi connectivity index (χ4n) is 2.28. The summed E-state index contributed by atoms with van der Waals surface area (Å²) >= 11 is 0. The lowest BCUT2D eigenvalue weighted by Crippen LogP contribution is -2.35. The number of nitro benzene ring substituents is 1. The Morgan fingerprint density at radius 1 is 1.30 bits per heavy atom. The highest BCUT2D eigenvalue weighted by Crippen LogP contribution is 2.31. The molecule has 1 unspecified atom stereocenters. The molecular formula is C16H13N3O4. The molecule has 1 heterocycles. The first kappa shape index (κ1) is 14.7. The average Bonchev–Trinajstić information content (AvgIpc) is 2.59. The predicted octanol–water partition coefficient (Wildman–Crippen LogP) is 2.72. The number of hydrogen-bond donors (Lipinski definition) is 1. The maximum atomic E-state index is 10.7. The molecule has 7 nitrogen and oxygen atoms in total. The molecule has 0 radical (unpaired) electrons. The van der Waals surface area contributed by atoms with Gasteiger partial charge in [0.15, 0.2) is 11.5 Å². The predicted molar refractivity (Wildman–Crippen MR) is 82.7 cm³/mol. The lowest BCUT2D eigenvalue weighted by atomic mass is 10.1. The van der Waals surface area contributed by atoms with Gasteiger partial charge >= 0.3 is 0 Å². The van der Waals surface area contributed by atoms with Crippen molar-refractivity contribution in [2.45, 2.75) is 6.10 Å². The number of nitrogens with one attached hydrogen (secondary N) is 1. The summed E-state index contributed by atoms with van der Waals surface area (Å²) < 4.78 is 11.4. The summed E-state index contributed by atoms with van der Waals surface area (Å²) in [5.41, 5.74) is 0.634. The van der Waals surface area contributed by atoms with Gasteiger partial charge < -0.3 is 14.8 Å². The molecule has 0 amide bonds. The van der Waals surface area contributed by atoms with Crippen LogP contribution in [-0.2, 0) is 0 Å². The largest absolute Gasteiger partial charge is 0.486 e. The average molecular weight is 311 g/mol. The maximum Gasteiger partial charge on any atom is 0.270 e. The second kappa shape index (κ2) is 6.23. The summed E-state index contributed by atoms with van der Waals surface area (Å²) in [7, 11) is 0. The van der Waals surface area contributed by atoms with Crippen molar-refractivity contribution in [2.24, 2.45) is 0 Å². The smallest absolute Gasteiger partial charge is 0.270 e. The molecule has 0 spiro atoms. The number of fused-ring (bicyclic) bond motifs is 1. The summed E-state index contributed by atoms with van der Waals surface area (Å²) in [5.74, 6) is 1.38. The first-order valence-electron chi connectivity index (χ1n) is 6.98. The quantitative estimate of drug-likeness (QED) is 0.688. The van der Waals surface area contributed by atoms with Crippen molar-refractivity contribution in [3.8, 4) is 17.6 Å². The van der Waals surface area contributed by atoms with Crippen molar-refractivity contribution in [1.29, 1.82) is 5.26 Å². The summed E-state index contributed by atoms with van der Waals surface area (Å²) in [4.78, 5) is 10.2. The van der Waals surface area contributed by atoms with E-state index >= 15 is 0 Å². The van der Waals surface area contributed by atoms with Crippen LogP contribution >= 0.6 is 0 Å². The molecular weight excluding hydrogens is 298 g/mol. The van der Waals surface area contributed by atoms with Crippen LogP contribution in [-0.4, -0.2) is 24.2 Å². The number of anilines is 1. The highest BCUT2D eigenvalue weighted by Gasteiger charge is 2.21. The molecule has 0 saturated heterocycles. The maximum absolute atomic E-state index is 10.7. The summed E-state index contributed by atoms with van der Waals surface area (Å²) in [6.07, 6.45) is -0.216. The minimum atomic E-state index is -0.528. The van der Waals surface area contributed by atoms with Crippen LogP contribution in [0.2, 0.25) is 0 Å². The van der Waals surface area contributed by atoms with Crippen LogP contribution in [0, 0.1) is 21.4 Å². The van der Waals surface area contributed by atoms with Gasteiger partial charge in [0.25, 0.3) is 5.69 Å². The number of non-ortho nitro benzene ring substituents is 1. The van der Waals surface area contributed by atoms with Gasteiger partial charge in [0, 0.05) is 12.1 Å². The molecule has 116 valence electrons. The normalized spacial score (nSPS) is 15.5. The van der Waals surface area contributed by atoms with Crippen LogP contribution in [0.3, 0.4) is 0 Å². The van der Waals surface area contributed by atoms with E-state index in [2.05, 4.69) is 5.32 Å². The minimum Gasteiger partial charge on any atom is -0.486 e. The third kappa shape index (κ3) is 3.16. The number of nitriles is 1. The number of benzene rings is 2. The van der Waals surface area contributed by atoms with Crippen LogP contribution < -0.4 is 14.8 Å². The molecule has 1 aliphatic heterocycles. The van der Waals surface area contributed by atoms with E-state index in [1.807, 2.05) is 30.3 Å². The Labute approximate surface area is 132 Å². The van der Waals surface area contributed by atoms with Crippen molar-refractivity contribution < 1.29 is 14.4 Å². The van der Waals surface area contributed by atoms with Crippen LogP contribution in [0.1, 0.15) is 5.56 Å². The van der Waals surface area contributed by atoms with E-state index in [-0.39, 0.29) is 17.4 Å². The zero-order valence-electron chi connectivity index (χ0n) is 12.1. The Bertz CT molecular complexity index is 785. The van der Waals surface area contributed by atoms with Gasteiger partial charge in [0.1, 0.15) is 18.8 Å². The van der Waals surface area contributed by atoms with Gasteiger partial charge in [-0.1, -0.05) is 12.1 Å². The van der Waals surface area contributed by atoms with E-state index in [1.54, 1.807) is 0 Å². The van der Waals surface area contributed by atoms with Gasteiger partial charge in [0.05, 0.1) is 22.7 Å². The standard InChI is InChI=1S/C16H13N3O4/c17-8-11-7-12(19(20)21)5-6-14(11)18-9-13-10-22-15-3-1-2-4-16(15)23-13/h1-7,13,18H,9-10H2. The van der Waals surface area contributed by atoms with Crippen LogP contribution in [0.5, 0.6) is 11.5 Å². The fraction of sp³-hybridized carbons (Fsp3) is 0.188. The zero-order chi connectivity index (χ0) is 16.2. The van der Waals surface area contributed by atoms with Crippen molar-refractivity contribution in [3.63, 3.8) is 0 Å². The summed E-state index contributed by atoms with van der Waals surface area (Å²) in [6, 6.07) is 13.5. The monoisotopic (exact) mass is 311 g/mol. The molecule has 7 heteroatoms. The van der Waals surface area contributed by atoms with Gasteiger partial charge in [-0.25, -0.2) is 0 Å². The fourth-order valence-corrected chi connectivity index (χ4v) is 2.28. The van der Waals surface area contributed by atoms with Crippen LogP contribution in [0.4, 0.5) is 11.4 Å². The van der Waals surface area contributed by atoms with Crippen molar-refractivity contribution in [1.82, 2.24) is 0 Å². The SMILES string of the molecule is N#Cc1cc([N+](=O)[O-])ccc1NCC1COc2ccccc2O1. The summed E-state index contributed by atoms with van der Waals surface area (Å²) in [5, 5.41) is 22.9. The van der Waals surface area contributed by atoms with Crippen LogP contribution in [0.15, 0.2) is 42.5 Å². The molecule has 3 rings (SSSR count). The third-order valence-electron chi connectivity index (χ3n) is 3.42. The van der Waals surface area contributed by atoms with Crippen molar-refractivity contribution in [2.75, 3.05) is 18.5 Å². The number of para-hydroxylation sites is 2. The first-order valence-corrected chi connectivity index (χ1v) is 6.98. The van der Waals surface area contributed by atoms with Crippen LogP contribution in [0.25, 0.3) is 0 Å². The van der Waals surface area contributed by atoms with E-state index in [0.717, 1.165) is 0 Å². The van der Waals surface area contributed by atoms with Gasteiger partial charge in [-0.3, -0.25) is 10.1 Å². The minimum absolute atomic E-state index is 0.113. The third-order valence-corrected chi connectivity index (χ3v) is 3.42. The first-order chi connectivity index (χ1) is 11.2. The Morgan fingerprint density at radius 2 is 2.09 bits per heavy atom. The second-order valence-corrected chi connectivity index (χ2v) is 4.98. The number of nitro groups is 1. The van der Waals surface area contributed by atoms with Crippen molar-refractivity contribution >= 4 is 11.4 Å². The van der Waals surface area contributed by atoms with Gasteiger partial charge in [0.2, 0.25) is 0 Å². The number of hydrogen-bond acceptors (Lipinski definition) is 6. The molecule has 1 atom stereocenters. The molecule has 23 heavy (non-hydrogen) atoms. The Hall–Kier alpha value is -3.27. The van der Waals surface area contributed by atoms with Gasteiger partial charge in [-0.15, -0.1) is 0 Å². The van der Waals surface area contributed by atoms with E-state index in [9.17, 15) is 10.1 Å². The lowest BCUT2D eigenvalue weighted by molar-refractivity contribution is -0.384. The topological polar surface area (TPSA) is 97.4 Å². The zero-order valence-corrected chi connectivity index (χ0v) is 12.1. The van der Waals surface area contributed by atoms with E-state index in [0.29, 0.717) is 30.3 Å². The Kier molecular flexibility index (Phi) is 3.97. The van der Waals surface area contributed by atoms with E-state index in [1.165, 1.54) is 18.2 Å².